The molecule has 2 nitrogen and oxygen atoms in total. The molecule has 23 heavy (non-hydrogen) atoms. The van der Waals surface area contributed by atoms with Crippen LogP contribution in [0, 0.1) is 28.6 Å². The van der Waals surface area contributed by atoms with Gasteiger partial charge in [0.15, 0.2) is 0 Å². The maximum absolute atomic E-state index is 14.1. The summed E-state index contributed by atoms with van der Waals surface area (Å²) in [5, 5.41) is 9.97. The molecular formula is C19H26F2O2. The van der Waals surface area contributed by atoms with Crippen LogP contribution in [0.3, 0.4) is 0 Å². The number of hydrogen-bond acceptors (Lipinski definition) is 2. The van der Waals surface area contributed by atoms with Crippen molar-refractivity contribution in [2.75, 3.05) is 0 Å². The van der Waals surface area contributed by atoms with E-state index in [-0.39, 0.29) is 29.8 Å². The number of carbonyl (C=O) groups is 1. The minimum Gasteiger partial charge on any atom is -0.393 e. The normalized spacial score (nSPS) is 51.5. The Morgan fingerprint density at radius 1 is 1.13 bits per heavy atom. The van der Waals surface area contributed by atoms with Crippen molar-refractivity contribution in [2.24, 2.45) is 28.6 Å². The van der Waals surface area contributed by atoms with Gasteiger partial charge in [-0.15, -0.1) is 0 Å². The first-order valence-electron chi connectivity index (χ1n) is 8.99. The molecule has 4 aliphatic carbocycles. The van der Waals surface area contributed by atoms with Gasteiger partial charge in [-0.2, -0.15) is 8.78 Å². The third-order valence-electron chi connectivity index (χ3n) is 7.79. The van der Waals surface area contributed by atoms with Gasteiger partial charge < -0.3 is 5.11 Å². The standard InChI is InChI=1S/C19H26F2O2/c1-17-7-5-12(22)9-11(17)3-4-13-14(17)6-8-18(2)15(13)10-19(20,21)16(18)23/h3,12-15,22H,4-10H2,1-2H3/t12-,13+,14-,15-,17-,18-/m0/s1. The Labute approximate surface area is 136 Å². The van der Waals surface area contributed by atoms with E-state index in [1.807, 2.05) is 0 Å². The van der Waals surface area contributed by atoms with E-state index in [4.69, 9.17) is 0 Å². The first kappa shape index (κ1) is 15.7. The average Bonchev–Trinajstić information content (AvgIpc) is 2.68. The van der Waals surface area contributed by atoms with Crippen LogP contribution in [-0.2, 0) is 4.79 Å². The Morgan fingerprint density at radius 3 is 2.57 bits per heavy atom. The van der Waals surface area contributed by atoms with Crippen LogP contribution in [0.4, 0.5) is 8.78 Å². The van der Waals surface area contributed by atoms with Gasteiger partial charge in [0.1, 0.15) is 0 Å². The lowest BCUT2D eigenvalue weighted by Crippen LogP contribution is -2.50. The number of fused-ring (bicyclic) bond motifs is 5. The lowest BCUT2D eigenvalue weighted by molar-refractivity contribution is -0.147. The second-order valence-corrected chi connectivity index (χ2v) is 8.85. The molecule has 0 heterocycles. The van der Waals surface area contributed by atoms with Gasteiger partial charge in [-0.25, -0.2) is 0 Å². The molecule has 0 saturated heterocycles. The third-order valence-corrected chi connectivity index (χ3v) is 7.79. The number of hydrogen-bond donors (Lipinski definition) is 1. The SMILES string of the molecule is C[C@]12CC[C@H](O)CC1=CC[C@@H]1[C@@H]2CC[C@]2(C)C(=O)C(F)(F)C[C@@H]12. The van der Waals surface area contributed by atoms with Crippen LogP contribution < -0.4 is 0 Å². The van der Waals surface area contributed by atoms with E-state index in [9.17, 15) is 18.7 Å². The molecule has 128 valence electrons. The fourth-order valence-electron chi connectivity index (χ4n) is 6.41. The van der Waals surface area contributed by atoms with E-state index in [0.717, 1.165) is 32.1 Å². The number of rotatable bonds is 0. The number of aliphatic hydroxyl groups is 1. The Morgan fingerprint density at radius 2 is 1.83 bits per heavy atom. The summed E-state index contributed by atoms with van der Waals surface area (Å²) in [6, 6.07) is 0. The molecule has 0 spiro atoms. The zero-order chi connectivity index (χ0) is 16.6. The summed E-state index contributed by atoms with van der Waals surface area (Å²) in [5.74, 6) is -3.57. The molecule has 4 aliphatic rings. The van der Waals surface area contributed by atoms with Gasteiger partial charge in [0.05, 0.1) is 6.10 Å². The van der Waals surface area contributed by atoms with Gasteiger partial charge >= 0.3 is 5.92 Å². The highest BCUT2D eigenvalue weighted by Crippen LogP contribution is 2.65. The molecule has 3 saturated carbocycles. The van der Waals surface area contributed by atoms with Gasteiger partial charge in [0.25, 0.3) is 0 Å². The lowest BCUT2D eigenvalue weighted by Gasteiger charge is -2.56. The number of carbonyl (C=O) groups excluding carboxylic acids is 1. The highest BCUT2D eigenvalue weighted by molar-refractivity contribution is 5.93. The predicted molar refractivity (Wildman–Crippen MR) is 83.0 cm³/mol. The maximum Gasteiger partial charge on any atom is 0.306 e. The molecule has 0 aromatic rings. The number of alkyl halides is 2. The van der Waals surface area contributed by atoms with E-state index < -0.39 is 17.1 Å². The number of Topliss-reactive ketones (excluding diaryl/α,β-unsaturated/α-hetero) is 1. The summed E-state index contributed by atoms with van der Waals surface area (Å²) < 4.78 is 28.3. The van der Waals surface area contributed by atoms with Crippen molar-refractivity contribution in [1.29, 1.82) is 0 Å². The van der Waals surface area contributed by atoms with Crippen molar-refractivity contribution in [3.8, 4) is 0 Å². The highest BCUT2D eigenvalue weighted by atomic mass is 19.3. The topological polar surface area (TPSA) is 37.3 Å². The maximum atomic E-state index is 14.1. The molecule has 0 bridgehead atoms. The van der Waals surface area contributed by atoms with Crippen LogP contribution >= 0.6 is 0 Å². The monoisotopic (exact) mass is 324 g/mol. The molecule has 1 N–H and O–H groups in total. The van der Waals surface area contributed by atoms with Crippen LogP contribution in [-0.4, -0.2) is 22.9 Å². The fraction of sp³-hybridized carbons (Fsp3) is 0.842. The van der Waals surface area contributed by atoms with Crippen LogP contribution in [0.25, 0.3) is 0 Å². The fourth-order valence-corrected chi connectivity index (χ4v) is 6.41. The van der Waals surface area contributed by atoms with Crippen molar-refractivity contribution in [2.45, 2.75) is 70.8 Å². The third kappa shape index (κ3) is 1.96. The Kier molecular flexibility index (Phi) is 3.18. The van der Waals surface area contributed by atoms with E-state index in [1.165, 1.54) is 5.57 Å². The molecule has 4 heteroatoms. The van der Waals surface area contributed by atoms with Crippen molar-refractivity contribution in [1.82, 2.24) is 0 Å². The summed E-state index contributed by atoms with van der Waals surface area (Å²) >= 11 is 0. The van der Waals surface area contributed by atoms with Crippen molar-refractivity contribution in [3.63, 3.8) is 0 Å². The van der Waals surface area contributed by atoms with Gasteiger partial charge in [-0.3, -0.25) is 4.79 Å². The van der Waals surface area contributed by atoms with E-state index in [2.05, 4.69) is 13.0 Å². The second kappa shape index (κ2) is 4.65. The molecule has 4 rings (SSSR count). The minimum absolute atomic E-state index is 0.0321. The van der Waals surface area contributed by atoms with E-state index in [1.54, 1.807) is 6.92 Å². The number of allylic oxidation sites excluding steroid dienone is 1. The van der Waals surface area contributed by atoms with Gasteiger partial charge in [0, 0.05) is 11.8 Å². The molecule has 3 fully saturated rings. The second-order valence-electron chi connectivity index (χ2n) is 8.85. The largest absolute Gasteiger partial charge is 0.393 e. The smallest absolute Gasteiger partial charge is 0.306 e. The molecule has 6 atom stereocenters. The summed E-state index contributed by atoms with van der Waals surface area (Å²) in [6.07, 6.45) is 6.42. The van der Waals surface area contributed by atoms with Crippen molar-refractivity contribution in [3.05, 3.63) is 11.6 Å². The zero-order valence-corrected chi connectivity index (χ0v) is 13.9. The van der Waals surface area contributed by atoms with Gasteiger partial charge in [0.2, 0.25) is 5.78 Å². The molecular weight excluding hydrogens is 298 g/mol. The Bertz CT molecular complexity index is 584. The van der Waals surface area contributed by atoms with Gasteiger partial charge in [-0.1, -0.05) is 25.5 Å². The summed E-state index contributed by atoms with van der Waals surface area (Å²) in [6.45, 7) is 4.04. The molecule has 0 unspecified atom stereocenters. The lowest BCUT2D eigenvalue weighted by atomic mass is 9.48. The molecule has 0 radical (unpaired) electrons. The number of ketones is 1. The Hall–Kier alpha value is -0.770. The molecule has 0 aromatic carbocycles. The van der Waals surface area contributed by atoms with Crippen molar-refractivity contribution < 1.29 is 18.7 Å². The summed E-state index contributed by atoms with van der Waals surface area (Å²) in [5.41, 5.74) is 0.530. The predicted octanol–water partition coefficient (Wildman–Crippen LogP) is 4.12. The zero-order valence-electron chi connectivity index (χ0n) is 13.9. The quantitative estimate of drug-likeness (QED) is 0.681. The van der Waals surface area contributed by atoms with Crippen LogP contribution in [0.5, 0.6) is 0 Å². The molecule has 0 aliphatic heterocycles. The summed E-state index contributed by atoms with van der Waals surface area (Å²) in [7, 11) is 0. The van der Waals surface area contributed by atoms with Crippen molar-refractivity contribution >= 4 is 5.78 Å². The highest BCUT2D eigenvalue weighted by Gasteiger charge is 2.67. The molecule has 0 aromatic heterocycles. The molecule has 0 amide bonds. The minimum atomic E-state index is -3.14. The van der Waals surface area contributed by atoms with Crippen LogP contribution in [0.1, 0.15) is 58.8 Å². The Balaban J connectivity index is 1.71. The first-order valence-corrected chi connectivity index (χ1v) is 8.99. The van der Waals surface area contributed by atoms with E-state index >= 15 is 0 Å². The first-order chi connectivity index (χ1) is 10.7. The number of halogens is 2. The van der Waals surface area contributed by atoms with Crippen LogP contribution in [0.15, 0.2) is 11.6 Å². The van der Waals surface area contributed by atoms with Crippen LogP contribution in [0.2, 0.25) is 0 Å². The average molecular weight is 324 g/mol. The van der Waals surface area contributed by atoms with E-state index in [0.29, 0.717) is 12.3 Å². The van der Waals surface area contributed by atoms with Gasteiger partial charge in [-0.05, 0) is 61.7 Å². The summed E-state index contributed by atoms with van der Waals surface area (Å²) in [4.78, 5) is 12.3. The number of aliphatic hydroxyl groups excluding tert-OH is 1.